The molecule has 1 N–H and O–H groups in total. The Hall–Kier alpha value is -1.28. The van der Waals surface area contributed by atoms with E-state index in [0.29, 0.717) is 35.5 Å². The minimum Gasteiger partial charge on any atom is -0.486 e. The molecule has 0 spiro atoms. The van der Waals surface area contributed by atoms with Crippen LogP contribution in [0.15, 0.2) is 18.2 Å². The van der Waals surface area contributed by atoms with Gasteiger partial charge in [-0.2, -0.15) is 5.26 Å². The Kier molecular flexibility index (Phi) is 5.66. The summed E-state index contributed by atoms with van der Waals surface area (Å²) in [6, 6.07) is 7.16. The molecule has 1 fully saturated rings. The highest BCUT2D eigenvalue weighted by atomic mass is 35.5. The fourth-order valence-electron chi connectivity index (χ4n) is 2.32. The molecule has 2 unspecified atom stereocenters. The maximum atomic E-state index is 8.85. The lowest BCUT2D eigenvalue weighted by atomic mass is 10.0. The van der Waals surface area contributed by atoms with Gasteiger partial charge in [0.25, 0.3) is 0 Å². The Morgan fingerprint density at radius 3 is 3.00 bits per heavy atom. The number of hydrogen-bond acceptors (Lipinski definition) is 4. The van der Waals surface area contributed by atoms with Gasteiger partial charge in [-0.1, -0.05) is 11.6 Å². The Balaban J connectivity index is 2.08. The van der Waals surface area contributed by atoms with Crippen LogP contribution in [0.4, 0.5) is 0 Å². The van der Waals surface area contributed by atoms with Crippen molar-refractivity contribution in [2.75, 3.05) is 26.3 Å². The Bertz CT molecular complexity index is 481. The van der Waals surface area contributed by atoms with Gasteiger partial charge >= 0.3 is 0 Å². The molecule has 0 bridgehead atoms. The molecule has 1 aromatic rings. The predicted molar refractivity (Wildman–Crippen MR) is 78.1 cm³/mol. The monoisotopic (exact) mass is 294 g/mol. The number of nitriles is 1. The zero-order valence-corrected chi connectivity index (χ0v) is 12.3. The molecular formula is C15H19ClN2O2. The van der Waals surface area contributed by atoms with Crippen molar-refractivity contribution in [2.24, 2.45) is 5.92 Å². The van der Waals surface area contributed by atoms with Crippen molar-refractivity contribution in [1.82, 2.24) is 5.32 Å². The molecule has 1 heterocycles. The topological polar surface area (TPSA) is 54.3 Å². The minimum atomic E-state index is -0.0182. The molecule has 0 aromatic heterocycles. The third-order valence-electron chi connectivity index (χ3n) is 3.45. The van der Waals surface area contributed by atoms with Crippen molar-refractivity contribution in [3.05, 3.63) is 28.8 Å². The van der Waals surface area contributed by atoms with E-state index < -0.39 is 0 Å². The lowest BCUT2D eigenvalue weighted by Crippen LogP contribution is -2.33. The first-order chi connectivity index (χ1) is 9.74. The molecular weight excluding hydrogens is 276 g/mol. The average Bonchev–Trinajstić information content (AvgIpc) is 2.99. The molecule has 1 aromatic carbocycles. The normalized spacial score (nSPS) is 19.6. The summed E-state index contributed by atoms with van der Waals surface area (Å²) in [5, 5.41) is 12.7. The van der Waals surface area contributed by atoms with E-state index in [4.69, 9.17) is 26.3 Å². The molecule has 1 aliphatic heterocycles. The van der Waals surface area contributed by atoms with Crippen LogP contribution in [0.5, 0.6) is 5.75 Å². The Morgan fingerprint density at radius 2 is 2.40 bits per heavy atom. The van der Waals surface area contributed by atoms with Gasteiger partial charge in [0.2, 0.25) is 0 Å². The second-order valence-electron chi connectivity index (χ2n) is 4.83. The van der Waals surface area contributed by atoms with Gasteiger partial charge in [-0.15, -0.1) is 0 Å². The van der Waals surface area contributed by atoms with Crippen LogP contribution in [0.3, 0.4) is 0 Å². The third kappa shape index (κ3) is 3.86. The summed E-state index contributed by atoms with van der Waals surface area (Å²) in [5.41, 5.74) is 0.534. The minimum absolute atomic E-state index is 0.0182. The molecule has 1 aliphatic rings. The summed E-state index contributed by atoms with van der Waals surface area (Å²) in [5.74, 6) is 1.04. The fourth-order valence-corrected chi connectivity index (χ4v) is 2.55. The zero-order valence-electron chi connectivity index (χ0n) is 11.6. The summed E-state index contributed by atoms with van der Waals surface area (Å²) in [4.78, 5) is 0. The summed E-state index contributed by atoms with van der Waals surface area (Å²) >= 11 is 6.16. The van der Waals surface area contributed by atoms with Crippen LogP contribution in [0.25, 0.3) is 0 Å². The van der Waals surface area contributed by atoms with Gasteiger partial charge in [0.15, 0.2) is 0 Å². The summed E-state index contributed by atoms with van der Waals surface area (Å²) < 4.78 is 11.5. The molecule has 20 heavy (non-hydrogen) atoms. The van der Waals surface area contributed by atoms with E-state index in [9.17, 15) is 0 Å². The zero-order chi connectivity index (χ0) is 14.4. The van der Waals surface area contributed by atoms with Crippen molar-refractivity contribution in [2.45, 2.75) is 19.4 Å². The second kappa shape index (κ2) is 7.49. The molecule has 0 saturated carbocycles. The van der Waals surface area contributed by atoms with Gasteiger partial charge in [-0.25, -0.2) is 0 Å². The third-order valence-corrected chi connectivity index (χ3v) is 3.75. The highest BCUT2D eigenvalue weighted by Gasteiger charge is 2.27. The van der Waals surface area contributed by atoms with E-state index >= 15 is 0 Å². The quantitative estimate of drug-likeness (QED) is 0.876. The number of rotatable bonds is 6. The van der Waals surface area contributed by atoms with E-state index in [0.717, 1.165) is 19.5 Å². The van der Waals surface area contributed by atoms with Crippen LogP contribution in [0.1, 0.15) is 18.9 Å². The molecule has 0 aliphatic carbocycles. The van der Waals surface area contributed by atoms with Gasteiger partial charge in [0, 0.05) is 19.1 Å². The maximum Gasteiger partial charge on any atom is 0.138 e. The van der Waals surface area contributed by atoms with Crippen LogP contribution in [0, 0.1) is 17.2 Å². The molecule has 4 nitrogen and oxygen atoms in total. The van der Waals surface area contributed by atoms with Crippen molar-refractivity contribution in [3.63, 3.8) is 0 Å². The van der Waals surface area contributed by atoms with E-state index in [1.54, 1.807) is 18.2 Å². The van der Waals surface area contributed by atoms with Gasteiger partial charge in [0.05, 0.1) is 23.3 Å². The number of nitrogens with one attached hydrogen (secondary N) is 1. The van der Waals surface area contributed by atoms with E-state index in [1.165, 1.54) is 0 Å². The van der Waals surface area contributed by atoms with Crippen LogP contribution in [-0.2, 0) is 4.74 Å². The lowest BCUT2D eigenvalue weighted by molar-refractivity contribution is 0.0292. The molecule has 5 heteroatoms. The molecule has 0 amide bonds. The van der Waals surface area contributed by atoms with Crippen LogP contribution < -0.4 is 10.1 Å². The first kappa shape index (κ1) is 15.1. The van der Waals surface area contributed by atoms with E-state index in [2.05, 4.69) is 11.4 Å². The number of halogens is 1. The number of benzene rings is 1. The number of ether oxygens (including phenoxy) is 2. The molecule has 108 valence electrons. The Morgan fingerprint density at radius 1 is 1.55 bits per heavy atom. The molecule has 1 saturated heterocycles. The number of nitrogens with zero attached hydrogens (tertiary/aromatic N) is 1. The summed E-state index contributed by atoms with van der Waals surface area (Å²) in [7, 11) is 0. The van der Waals surface area contributed by atoms with Crippen LogP contribution in [-0.4, -0.2) is 32.4 Å². The van der Waals surface area contributed by atoms with Crippen molar-refractivity contribution in [3.8, 4) is 11.8 Å². The summed E-state index contributed by atoms with van der Waals surface area (Å²) in [6.07, 6.45) is 1.06. The van der Waals surface area contributed by atoms with Crippen LogP contribution in [0.2, 0.25) is 5.02 Å². The highest BCUT2D eigenvalue weighted by molar-refractivity contribution is 6.32. The van der Waals surface area contributed by atoms with Gasteiger partial charge in [-0.05, 0) is 38.1 Å². The molecule has 2 atom stereocenters. The average molecular weight is 295 g/mol. The second-order valence-corrected chi connectivity index (χ2v) is 5.23. The van der Waals surface area contributed by atoms with Gasteiger partial charge in [-0.3, -0.25) is 0 Å². The van der Waals surface area contributed by atoms with Crippen LogP contribution >= 0.6 is 11.6 Å². The van der Waals surface area contributed by atoms with Crippen molar-refractivity contribution < 1.29 is 9.47 Å². The highest BCUT2D eigenvalue weighted by Crippen LogP contribution is 2.28. The van der Waals surface area contributed by atoms with Crippen molar-refractivity contribution in [1.29, 1.82) is 5.26 Å². The first-order valence-corrected chi connectivity index (χ1v) is 7.27. The van der Waals surface area contributed by atoms with E-state index in [1.807, 2.05) is 6.92 Å². The van der Waals surface area contributed by atoms with Crippen molar-refractivity contribution >= 4 is 11.6 Å². The largest absolute Gasteiger partial charge is 0.486 e. The summed E-state index contributed by atoms with van der Waals surface area (Å²) in [6.45, 7) is 5.14. The maximum absolute atomic E-state index is 8.85. The standard InChI is InChI=1S/C15H19ClN2O2/c1-2-19-10-15(12-5-6-18-9-12)20-14-4-3-11(8-17)7-13(14)16/h3-4,7,12,15,18H,2,5-6,9-10H2,1H3. The SMILES string of the molecule is CCOCC(Oc1ccc(C#N)cc1Cl)C1CCNC1. The smallest absolute Gasteiger partial charge is 0.138 e. The first-order valence-electron chi connectivity index (χ1n) is 6.89. The van der Waals surface area contributed by atoms with Gasteiger partial charge in [0.1, 0.15) is 11.9 Å². The van der Waals surface area contributed by atoms with Gasteiger partial charge < -0.3 is 14.8 Å². The number of hydrogen-bond donors (Lipinski definition) is 1. The predicted octanol–water partition coefficient (Wildman–Crippen LogP) is 2.61. The molecule has 2 rings (SSSR count). The lowest BCUT2D eigenvalue weighted by Gasteiger charge is -2.24. The van der Waals surface area contributed by atoms with E-state index in [-0.39, 0.29) is 6.10 Å². The fraction of sp³-hybridized carbons (Fsp3) is 0.533. The Labute approximate surface area is 124 Å². The molecule has 0 radical (unpaired) electrons.